The summed E-state index contributed by atoms with van der Waals surface area (Å²) in [5.74, 6) is 0.500. The zero-order chi connectivity index (χ0) is 18.8. The van der Waals surface area contributed by atoms with E-state index >= 15 is 0 Å². The Morgan fingerprint density at radius 2 is 1.81 bits per heavy atom. The van der Waals surface area contributed by atoms with Gasteiger partial charge in [0.25, 0.3) is 0 Å². The predicted octanol–water partition coefficient (Wildman–Crippen LogP) is 2.37. The van der Waals surface area contributed by atoms with Gasteiger partial charge in [0.2, 0.25) is 11.8 Å². The zero-order valence-electron chi connectivity index (χ0n) is 16.2. The fourth-order valence-corrected chi connectivity index (χ4v) is 5.74. The lowest BCUT2D eigenvalue weighted by molar-refractivity contribution is -0.129. The van der Waals surface area contributed by atoms with Gasteiger partial charge in [0.05, 0.1) is 5.69 Å². The lowest BCUT2D eigenvalue weighted by atomic mass is 9.89. The molecule has 2 aliphatic carbocycles. The Balaban J connectivity index is 1.35. The third-order valence-electron chi connectivity index (χ3n) is 6.25. The molecule has 7 heteroatoms. The van der Waals surface area contributed by atoms with E-state index in [1.165, 1.54) is 29.8 Å². The molecule has 1 aromatic rings. The average Bonchev–Trinajstić information content (AvgIpc) is 3.12. The average molecular weight is 391 g/mol. The number of thiazole rings is 1. The highest BCUT2D eigenvalue weighted by Gasteiger charge is 2.30. The quantitative estimate of drug-likeness (QED) is 0.861. The van der Waals surface area contributed by atoms with E-state index < -0.39 is 0 Å². The summed E-state index contributed by atoms with van der Waals surface area (Å²) in [6.07, 6.45) is 8.72. The number of piperazine rings is 1. The van der Waals surface area contributed by atoms with E-state index in [9.17, 15) is 9.59 Å². The van der Waals surface area contributed by atoms with Crippen LogP contribution in [0.25, 0.3) is 0 Å². The maximum Gasteiger partial charge on any atom is 0.223 e. The highest BCUT2D eigenvalue weighted by atomic mass is 32.1. The molecule has 4 rings (SSSR count). The normalized spacial score (nSPS) is 23.8. The molecule has 2 heterocycles. The topological polar surface area (TPSA) is 65.5 Å². The van der Waals surface area contributed by atoms with Gasteiger partial charge in [-0.15, -0.1) is 11.3 Å². The molecular weight excluding hydrogens is 360 g/mol. The SMILES string of the molecule is CC(=O)N1CCN(c2nc3c(s2)C[C@H](C(=O)NC2CCCCC2)CC3)CC1. The molecule has 0 spiro atoms. The van der Waals surface area contributed by atoms with Crippen LogP contribution in [0, 0.1) is 5.92 Å². The molecule has 3 aliphatic rings. The third kappa shape index (κ3) is 4.28. The second-order valence-corrected chi connectivity index (χ2v) is 9.20. The van der Waals surface area contributed by atoms with Crippen LogP contribution in [0.1, 0.15) is 56.0 Å². The lowest BCUT2D eigenvalue weighted by Crippen LogP contribution is -2.48. The molecule has 1 saturated heterocycles. The number of anilines is 1. The Bertz CT molecular complexity index is 690. The molecule has 0 aromatic carbocycles. The summed E-state index contributed by atoms with van der Waals surface area (Å²) in [5, 5.41) is 4.37. The van der Waals surface area contributed by atoms with Gasteiger partial charge >= 0.3 is 0 Å². The van der Waals surface area contributed by atoms with E-state index in [0.717, 1.165) is 63.4 Å². The molecule has 2 fully saturated rings. The van der Waals surface area contributed by atoms with E-state index in [0.29, 0.717) is 6.04 Å². The summed E-state index contributed by atoms with van der Waals surface area (Å²) >= 11 is 1.75. The largest absolute Gasteiger partial charge is 0.353 e. The second-order valence-electron chi connectivity index (χ2n) is 8.14. The van der Waals surface area contributed by atoms with Gasteiger partial charge in [-0.3, -0.25) is 9.59 Å². The highest BCUT2D eigenvalue weighted by Crippen LogP contribution is 2.34. The van der Waals surface area contributed by atoms with Gasteiger partial charge < -0.3 is 15.1 Å². The Morgan fingerprint density at radius 3 is 2.52 bits per heavy atom. The molecular formula is C20H30N4O2S. The van der Waals surface area contributed by atoms with Crippen LogP contribution in [0.3, 0.4) is 0 Å². The van der Waals surface area contributed by atoms with Crippen molar-refractivity contribution in [3.63, 3.8) is 0 Å². The Labute approximate surface area is 165 Å². The van der Waals surface area contributed by atoms with Crippen LogP contribution in [-0.2, 0) is 22.4 Å². The van der Waals surface area contributed by atoms with Crippen molar-refractivity contribution in [3.8, 4) is 0 Å². The van der Waals surface area contributed by atoms with Crippen molar-refractivity contribution in [2.75, 3.05) is 31.1 Å². The van der Waals surface area contributed by atoms with Crippen LogP contribution >= 0.6 is 11.3 Å². The number of nitrogens with one attached hydrogen (secondary N) is 1. The second kappa shape index (κ2) is 8.17. The fraction of sp³-hybridized carbons (Fsp3) is 0.750. The van der Waals surface area contributed by atoms with E-state index in [4.69, 9.17) is 4.98 Å². The minimum absolute atomic E-state index is 0.0993. The molecule has 27 heavy (non-hydrogen) atoms. The van der Waals surface area contributed by atoms with Crippen molar-refractivity contribution in [3.05, 3.63) is 10.6 Å². The van der Waals surface area contributed by atoms with Gasteiger partial charge in [0.15, 0.2) is 5.13 Å². The fourth-order valence-electron chi connectivity index (χ4n) is 4.50. The number of aryl methyl sites for hydroxylation is 1. The lowest BCUT2D eigenvalue weighted by Gasteiger charge is -2.33. The number of carbonyl (C=O) groups excluding carboxylic acids is 2. The van der Waals surface area contributed by atoms with E-state index in [2.05, 4.69) is 10.2 Å². The van der Waals surface area contributed by atoms with Crippen LogP contribution in [0.15, 0.2) is 0 Å². The first-order valence-electron chi connectivity index (χ1n) is 10.4. The molecule has 6 nitrogen and oxygen atoms in total. The minimum atomic E-state index is 0.0993. The van der Waals surface area contributed by atoms with Crippen molar-refractivity contribution < 1.29 is 9.59 Å². The van der Waals surface area contributed by atoms with E-state index in [1.54, 1.807) is 18.3 Å². The van der Waals surface area contributed by atoms with Gasteiger partial charge in [0, 0.05) is 49.9 Å². The Morgan fingerprint density at radius 1 is 1.07 bits per heavy atom. The number of nitrogens with zero attached hydrogens (tertiary/aromatic N) is 3. The maximum atomic E-state index is 12.7. The van der Waals surface area contributed by atoms with Crippen LogP contribution < -0.4 is 10.2 Å². The standard InChI is InChI=1S/C20H30N4O2S/c1-14(25)23-9-11-24(12-10-23)20-22-17-8-7-15(13-18(17)27-20)19(26)21-16-5-3-2-4-6-16/h15-16H,2-13H2,1H3,(H,21,26)/t15-/m1/s1. The smallest absolute Gasteiger partial charge is 0.223 e. The Kier molecular flexibility index (Phi) is 5.66. The highest BCUT2D eigenvalue weighted by molar-refractivity contribution is 7.15. The number of carbonyl (C=O) groups is 2. The van der Waals surface area contributed by atoms with Crippen LogP contribution in [0.5, 0.6) is 0 Å². The number of aromatic nitrogens is 1. The minimum Gasteiger partial charge on any atom is -0.353 e. The summed E-state index contributed by atoms with van der Waals surface area (Å²) in [4.78, 5) is 34.5. The predicted molar refractivity (Wildman–Crippen MR) is 107 cm³/mol. The van der Waals surface area contributed by atoms with Crippen molar-refractivity contribution >= 4 is 28.3 Å². The van der Waals surface area contributed by atoms with Gasteiger partial charge in [-0.05, 0) is 32.1 Å². The molecule has 0 unspecified atom stereocenters. The van der Waals surface area contributed by atoms with E-state index in [-0.39, 0.29) is 17.7 Å². The first kappa shape index (κ1) is 18.7. The number of hydrogen-bond acceptors (Lipinski definition) is 5. The third-order valence-corrected chi connectivity index (χ3v) is 7.43. The molecule has 1 atom stereocenters. The Hall–Kier alpha value is -1.63. The first-order valence-corrected chi connectivity index (χ1v) is 11.2. The van der Waals surface area contributed by atoms with Gasteiger partial charge in [-0.1, -0.05) is 19.3 Å². The number of amides is 2. The number of rotatable bonds is 3. The molecule has 0 bridgehead atoms. The monoisotopic (exact) mass is 390 g/mol. The summed E-state index contributed by atoms with van der Waals surface area (Å²) in [6, 6.07) is 0.391. The van der Waals surface area contributed by atoms with Crippen LogP contribution in [0.2, 0.25) is 0 Å². The van der Waals surface area contributed by atoms with Gasteiger partial charge in [0.1, 0.15) is 0 Å². The molecule has 1 aliphatic heterocycles. The first-order chi connectivity index (χ1) is 13.1. The summed E-state index contributed by atoms with van der Waals surface area (Å²) in [7, 11) is 0. The zero-order valence-corrected chi connectivity index (χ0v) is 17.0. The summed E-state index contributed by atoms with van der Waals surface area (Å²) < 4.78 is 0. The molecule has 1 N–H and O–H groups in total. The molecule has 148 valence electrons. The molecule has 0 radical (unpaired) electrons. The van der Waals surface area contributed by atoms with Crippen molar-refractivity contribution in [1.29, 1.82) is 0 Å². The summed E-state index contributed by atoms with van der Waals surface area (Å²) in [6.45, 7) is 4.86. The number of fused-ring (bicyclic) bond motifs is 1. The van der Waals surface area contributed by atoms with Crippen LogP contribution in [0.4, 0.5) is 5.13 Å². The number of hydrogen-bond donors (Lipinski definition) is 1. The van der Waals surface area contributed by atoms with Crippen molar-refractivity contribution in [1.82, 2.24) is 15.2 Å². The van der Waals surface area contributed by atoms with Crippen molar-refractivity contribution in [2.24, 2.45) is 5.92 Å². The van der Waals surface area contributed by atoms with Crippen molar-refractivity contribution in [2.45, 2.75) is 64.3 Å². The van der Waals surface area contributed by atoms with Gasteiger partial charge in [-0.25, -0.2) is 4.98 Å². The van der Waals surface area contributed by atoms with Crippen LogP contribution in [-0.4, -0.2) is 53.9 Å². The van der Waals surface area contributed by atoms with Gasteiger partial charge in [-0.2, -0.15) is 0 Å². The molecule has 1 saturated carbocycles. The summed E-state index contributed by atoms with van der Waals surface area (Å²) in [5.41, 5.74) is 1.19. The molecule has 2 amide bonds. The maximum absolute atomic E-state index is 12.7. The molecule has 1 aromatic heterocycles. The van der Waals surface area contributed by atoms with E-state index in [1.807, 2.05) is 4.90 Å².